The molecule has 0 fully saturated rings. The van der Waals surface area contributed by atoms with Crippen LogP contribution in [0.3, 0.4) is 0 Å². The Morgan fingerprint density at radius 2 is 1.78 bits per heavy atom. The van der Waals surface area contributed by atoms with Crippen molar-refractivity contribution in [1.29, 1.82) is 5.41 Å². The molecule has 0 aliphatic carbocycles. The van der Waals surface area contributed by atoms with Gasteiger partial charge in [0.05, 0.1) is 5.39 Å². The molecule has 1 aromatic heterocycles. The number of rotatable bonds is 4. The number of H-pyrrole nitrogens is 1. The van der Waals surface area contributed by atoms with Crippen molar-refractivity contribution in [2.24, 2.45) is 5.18 Å². The molecule has 0 aliphatic rings. The molecule has 0 atom stereocenters. The molecule has 0 amide bonds. The van der Waals surface area contributed by atoms with Crippen molar-refractivity contribution < 1.29 is 10.2 Å². The van der Waals surface area contributed by atoms with Gasteiger partial charge in [0.15, 0.2) is 17.6 Å². The highest BCUT2D eigenvalue weighted by Crippen LogP contribution is 2.37. The van der Waals surface area contributed by atoms with Crippen LogP contribution in [0.1, 0.15) is 16.7 Å². The van der Waals surface area contributed by atoms with Crippen LogP contribution in [0.2, 0.25) is 0 Å². The molecular weight excluding hydrogens is 294 g/mol. The van der Waals surface area contributed by atoms with Crippen LogP contribution in [-0.2, 0) is 12.8 Å². The maximum absolute atomic E-state index is 10.8. The standard InChI is InChI=1S/C17H15N3O3/c18-15(20-23)12-8-9-13-14(17(22)19-16(13)21)11(12)7-6-10-4-2-1-3-5-10/h1-5,8-9,18-19,21-22H,6-7H2. The zero-order chi connectivity index (χ0) is 16.4. The molecule has 0 spiro atoms. The van der Waals surface area contributed by atoms with Gasteiger partial charge in [-0.3, -0.25) is 10.4 Å². The third-order valence-electron chi connectivity index (χ3n) is 3.89. The van der Waals surface area contributed by atoms with Gasteiger partial charge in [-0.05, 0) is 41.3 Å². The van der Waals surface area contributed by atoms with Crippen LogP contribution < -0.4 is 0 Å². The summed E-state index contributed by atoms with van der Waals surface area (Å²) in [6.07, 6.45) is 1.17. The molecule has 0 aliphatic heterocycles. The summed E-state index contributed by atoms with van der Waals surface area (Å²) in [5.41, 5.74) is 2.07. The van der Waals surface area contributed by atoms with Gasteiger partial charge in [0.25, 0.3) is 0 Å². The summed E-state index contributed by atoms with van der Waals surface area (Å²) in [6.45, 7) is 0. The number of hydrogen-bond acceptors (Lipinski definition) is 4. The number of amidine groups is 1. The molecule has 23 heavy (non-hydrogen) atoms. The Labute approximate surface area is 131 Å². The lowest BCUT2D eigenvalue weighted by molar-refractivity contribution is 0.429. The molecule has 0 saturated carbocycles. The van der Waals surface area contributed by atoms with E-state index in [1.165, 1.54) is 0 Å². The molecule has 2 aromatic carbocycles. The van der Waals surface area contributed by atoms with Crippen LogP contribution in [0.5, 0.6) is 11.8 Å². The lowest BCUT2D eigenvalue weighted by Crippen LogP contribution is -2.03. The van der Waals surface area contributed by atoms with Crippen LogP contribution in [0, 0.1) is 10.3 Å². The van der Waals surface area contributed by atoms with E-state index in [1.54, 1.807) is 12.1 Å². The molecule has 3 rings (SSSR count). The smallest absolute Gasteiger partial charge is 0.199 e. The van der Waals surface area contributed by atoms with Gasteiger partial charge in [-0.25, -0.2) is 0 Å². The van der Waals surface area contributed by atoms with Gasteiger partial charge in [0, 0.05) is 10.9 Å². The Balaban J connectivity index is 2.10. The average Bonchev–Trinajstić information content (AvgIpc) is 2.87. The Morgan fingerprint density at radius 1 is 1.04 bits per heavy atom. The van der Waals surface area contributed by atoms with Crippen molar-refractivity contribution in [3.8, 4) is 11.8 Å². The molecule has 0 bridgehead atoms. The monoisotopic (exact) mass is 309 g/mol. The summed E-state index contributed by atoms with van der Waals surface area (Å²) < 4.78 is 0. The van der Waals surface area contributed by atoms with Crippen LogP contribution in [0.15, 0.2) is 47.6 Å². The third kappa shape index (κ3) is 2.66. The Morgan fingerprint density at radius 3 is 2.48 bits per heavy atom. The number of aromatic hydroxyl groups is 2. The average molecular weight is 309 g/mol. The second-order valence-corrected chi connectivity index (χ2v) is 5.26. The van der Waals surface area contributed by atoms with Gasteiger partial charge in [0.2, 0.25) is 0 Å². The van der Waals surface area contributed by atoms with Crippen molar-refractivity contribution in [1.82, 2.24) is 4.98 Å². The maximum atomic E-state index is 10.8. The van der Waals surface area contributed by atoms with Gasteiger partial charge < -0.3 is 10.2 Å². The van der Waals surface area contributed by atoms with E-state index in [4.69, 9.17) is 5.41 Å². The minimum absolute atomic E-state index is 0.143. The van der Waals surface area contributed by atoms with Crippen molar-refractivity contribution in [2.45, 2.75) is 12.8 Å². The predicted octanol–water partition coefficient (Wildman–Crippen LogP) is 3.46. The number of nitroso groups, excluding NO2 is 1. The zero-order valence-electron chi connectivity index (χ0n) is 12.2. The Kier molecular flexibility index (Phi) is 3.80. The molecule has 6 heteroatoms. The summed E-state index contributed by atoms with van der Waals surface area (Å²) in [4.78, 5) is 13.2. The second-order valence-electron chi connectivity index (χ2n) is 5.26. The van der Waals surface area contributed by atoms with Gasteiger partial charge in [-0.1, -0.05) is 30.3 Å². The normalized spacial score (nSPS) is 10.8. The number of hydrogen-bond donors (Lipinski definition) is 4. The van der Waals surface area contributed by atoms with Crippen LogP contribution in [-0.4, -0.2) is 21.0 Å². The summed E-state index contributed by atoms with van der Waals surface area (Å²) in [5.74, 6) is -0.716. The lowest BCUT2D eigenvalue weighted by Gasteiger charge is -2.10. The lowest BCUT2D eigenvalue weighted by atomic mass is 9.95. The largest absolute Gasteiger partial charge is 0.494 e. The minimum Gasteiger partial charge on any atom is -0.494 e. The van der Waals surface area contributed by atoms with E-state index in [0.717, 1.165) is 5.56 Å². The highest BCUT2D eigenvalue weighted by Gasteiger charge is 2.19. The van der Waals surface area contributed by atoms with Gasteiger partial charge in [-0.15, -0.1) is 4.91 Å². The van der Waals surface area contributed by atoms with Crippen molar-refractivity contribution in [2.75, 3.05) is 0 Å². The van der Waals surface area contributed by atoms with E-state index in [0.29, 0.717) is 34.7 Å². The predicted molar refractivity (Wildman–Crippen MR) is 88.1 cm³/mol. The van der Waals surface area contributed by atoms with Crippen LogP contribution in [0.25, 0.3) is 10.8 Å². The van der Waals surface area contributed by atoms with Gasteiger partial charge in [0.1, 0.15) is 0 Å². The highest BCUT2D eigenvalue weighted by atomic mass is 16.3. The highest BCUT2D eigenvalue weighted by molar-refractivity contribution is 6.05. The Hall–Kier alpha value is -3.15. The van der Waals surface area contributed by atoms with E-state index in [-0.39, 0.29) is 11.8 Å². The van der Waals surface area contributed by atoms with E-state index in [2.05, 4.69) is 10.2 Å². The van der Waals surface area contributed by atoms with Crippen molar-refractivity contribution in [3.05, 3.63) is 64.1 Å². The number of benzene rings is 2. The molecule has 0 radical (unpaired) electrons. The molecule has 1 heterocycles. The first-order valence-electron chi connectivity index (χ1n) is 7.13. The second kappa shape index (κ2) is 5.92. The molecule has 0 saturated heterocycles. The quantitative estimate of drug-likeness (QED) is 0.336. The number of fused-ring (bicyclic) bond motifs is 1. The van der Waals surface area contributed by atoms with E-state index < -0.39 is 5.84 Å². The number of aromatic nitrogens is 1. The number of aryl methyl sites for hydroxylation is 2. The first kappa shape index (κ1) is 14.8. The third-order valence-corrected chi connectivity index (χ3v) is 3.89. The van der Waals surface area contributed by atoms with Crippen molar-refractivity contribution in [3.63, 3.8) is 0 Å². The zero-order valence-corrected chi connectivity index (χ0v) is 12.2. The first-order valence-corrected chi connectivity index (χ1v) is 7.13. The number of aromatic amines is 1. The SMILES string of the molecule is N=C(N=O)c1ccc2c(O)[nH]c(O)c2c1CCc1ccccc1. The first-order chi connectivity index (χ1) is 11.1. The minimum atomic E-state index is -0.393. The van der Waals surface area contributed by atoms with E-state index >= 15 is 0 Å². The van der Waals surface area contributed by atoms with Crippen molar-refractivity contribution >= 4 is 16.6 Å². The summed E-state index contributed by atoms with van der Waals surface area (Å²) in [6, 6.07) is 12.9. The molecule has 3 aromatic rings. The fourth-order valence-electron chi connectivity index (χ4n) is 2.80. The molecule has 4 N–H and O–H groups in total. The van der Waals surface area contributed by atoms with Gasteiger partial charge in [-0.2, -0.15) is 0 Å². The van der Waals surface area contributed by atoms with Crippen LogP contribution >= 0.6 is 0 Å². The molecule has 6 nitrogen and oxygen atoms in total. The fraction of sp³-hybridized carbons (Fsp3) is 0.118. The summed E-state index contributed by atoms with van der Waals surface area (Å²) in [5, 5.41) is 31.2. The molecule has 0 unspecified atom stereocenters. The van der Waals surface area contributed by atoms with Gasteiger partial charge >= 0.3 is 0 Å². The fourth-order valence-corrected chi connectivity index (χ4v) is 2.80. The van der Waals surface area contributed by atoms with Crippen LogP contribution in [0.4, 0.5) is 0 Å². The molecule has 116 valence electrons. The maximum Gasteiger partial charge on any atom is 0.199 e. The number of nitrogens with one attached hydrogen (secondary N) is 2. The topological polar surface area (TPSA) is 110 Å². The molecular formula is C17H15N3O3. The number of nitrogens with zero attached hydrogens (tertiary/aromatic N) is 1. The van der Waals surface area contributed by atoms with E-state index in [9.17, 15) is 15.1 Å². The summed E-state index contributed by atoms with van der Waals surface area (Å²) >= 11 is 0. The Bertz CT molecular complexity index is 885. The van der Waals surface area contributed by atoms with E-state index in [1.807, 2.05) is 30.3 Å². The summed E-state index contributed by atoms with van der Waals surface area (Å²) in [7, 11) is 0.